The number of aromatic nitrogens is 4. The molecule has 1 saturated heterocycles. The van der Waals surface area contributed by atoms with Crippen LogP contribution in [0, 0.1) is 0 Å². The van der Waals surface area contributed by atoms with Crippen LogP contribution in [0.2, 0.25) is 0 Å². The second-order valence-electron chi connectivity index (χ2n) is 5.73. The highest BCUT2D eigenvalue weighted by atomic mass is 33.1. The van der Waals surface area contributed by atoms with Crippen LogP contribution in [-0.2, 0) is 4.74 Å². The summed E-state index contributed by atoms with van der Waals surface area (Å²) in [5.74, 6) is 2.49. The lowest BCUT2D eigenvalue weighted by Gasteiger charge is -2.14. The highest BCUT2D eigenvalue weighted by Gasteiger charge is 2.35. The second-order valence-corrected chi connectivity index (χ2v) is 8.43. The Bertz CT molecular complexity index is 732. The monoisotopic (exact) mass is 401 g/mol. The minimum Gasteiger partial charge on any atom is -0.394 e. The van der Waals surface area contributed by atoms with Crippen molar-refractivity contribution in [3.63, 3.8) is 0 Å². The number of aliphatic hydroxyl groups excluding tert-OH is 2. The van der Waals surface area contributed by atoms with Crippen molar-refractivity contribution in [1.29, 1.82) is 0 Å². The Labute approximate surface area is 158 Å². The van der Waals surface area contributed by atoms with Crippen molar-refractivity contribution in [2.75, 3.05) is 42.3 Å². The van der Waals surface area contributed by atoms with Crippen LogP contribution in [0.1, 0.15) is 12.6 Å². The normalized spacial score (nSPS) is 23.0. The molecule has 2 aromatic rings. The first-order chi connectivity index (χ1) is 12.6. The van der Waals surface area contributed by atoms with Crippen molar-refractivity contribution in [1.82, 2.24) is 19.5 Å². The van der Waals surface area contributed by atoms with Gasteiger partial charge in [0.1, 0.15) is 12.3 Å². The van der Waals surface area contributed by atoms with E-state index in [1.807, 2.05) is 0 Å². The summed E-state index contributed by atoms with van der Waals surface area (Å²) < 4.78 is 7.39. The molecule has 1 aliphatic heterocycles. The summed E-state index contributed by atoms with van der Waals surface area (Å²) in [7, 11) is 3.47. The van der Waals surface area contributed by atoms with Crippen molar-refractivity contribution in [2.45, 2.75) is 24.9 Å². The van der Waals surface area contributed by atoms with E-state index >= 15 is 0 Å². The molecule has 0 saturated carbocycles. The first kappa shape index (κ1) is 19.5. The SMILES string of the molecule is NCCSSCCNc1nc(N)nc2c1ncn2[C@H]1C[C@H](O)[C@@H](CO)O1. The molecule has 3 heterocycles. The van der Waals surface area contributed by atoms with E-state index in [1.54, 1.807) is 32.5 Å². The number of hydrogen-bond donors (Lipinski definition) is 5. The van der Waals surface area contributed by atoms with Crippen LogP contribution in [0.3, 0.4) is 0 Å². The third-order valence-electron chi connectivity index (χ3n) is 3.90. The van der Waals surface area contributed by atoms with Crippen LogP contribution in [0.15, 0.2) is 6.33 Å². The summed E-state index contributed by atoms with van der Waals surface area (Å²) in [5, 5.41) is 22.4. The minimum atomic E-state index is -0.734. The topological polar surface area (TPSA) is 157 Å². The molecule has 0 radical (unpaired) electrons. The zero-order chi connectivity index (χ0) is 18.5. The molecule has 3 rings (SSSR count). The summed E-state index contributed by atoms with van der Waals surface area (Å²) >= 11 is 0. The predicted molar refractivity (Wildman–Crippen MR) is 104 cm³/mol. The highest BCUT2D eigenvalue weighted by molar-refractivity contribution is 8.76. The van der Waals surface area contributed by atoms with Crippen LogP contribution < -0.4 is 16.8 Å². The molecule has 0 bridgehead atoms. The molecule has 1 fully saturated rings. The minimum absolute atomic E-state index is 0.129. The Morgan fingerprint density at radius 1 is 1.35 bits per heavy atom. The number of nitrogens with zero attached hydrogens (tertiary/aromatic N) is 4. The maximum Gasteiger partial charge on any atom is 0.224 e. The fraction of sp³-hybridized carbons (Fsp3) is 0.643. The molecular formula is C14H23N7O3S2. The van der Waals surface area contributed by atoms with Gasteiger partial charge < -0.3 is 31.7 Å². The maximum absolute atomic E-state index is 9.94. The molecule has 10 nitrogen and oxygen atoms in total. The average Bonchev–Trinajstić information content (AvgIpc) is 3.20. The Hall–Kier alpha value is -1.31. The third-order valence-corrected chi connectivity index (χ3v) is 6.34. The fourth-order valence-corrected chi connectivity index (χ4v) is 4.46. The van der Waals surface area contributed by atoms with Crippen molar-refractivity contribution in [3.05, 3.63) is 6.33 Å². The standard InChI is InChI=1S/C14H23N7O3S2/c15-1-3-25-26-4-2-17-12-11-13(20-14(16)19-12)21(7-18-11)10-5-8(23)9(6-22)24-10/h7-10,22-23H,1-6,15H2,(H3,16,17,19,20)/t8-,9+,10+/m0/s1. The van der Waals surface area contributed by atoms with Crippen LogP contribution in [0.4, 0.5) is 11.8 Å². The Morgan fingerprint density at radius 3 is 2.88 bits per heavy atom. The van der Waals surface area contributed by atoms with Crippen molar-refractivity contribution < 1.29 is 14.9 Å². The van der Waals surface area contributed by atoms with Gasteiger partial charge in [-0.3, -0.25) is 4.57 Å². The molecule has 2 aromatic heterocycles. The second kappa shape index (κ2) is 9.06. The molecular weight excluding hydrogens is 378 g/mol. The molecule has 3 atom stereocenters. The fourth-order valence-electron chi connectivity index (χ4n) is 2.69. The van der Waals surface area contributed by atoms with Crippen molar-refractivity contribution >= 4 is 44.5 Å². The molecule has 0 aliphatic carbocycles. The molecule has 0 aromatic carbocycles. The van der Waals surface area contributed by atoms with E-state index in [9.17, 15) is 10.2 Å². The maximum atomic E-state index is 9.94. The van der Waals surface area contributed by atoms with Crippen LogP contribution >= 0.6 is 21.6 Å². The van der Waals surface area contributed by atoms with E-state index in [0.717, 1.165) is 11.5 Å². The first-order valence-corrected chi connectivity index (χ1v) is 10.8. The zero-order valence-corrected chi connectivity index (χ0v) is 15.7. The van der Waals surface area contributed by atoms with Crippen LogP contribution in [-0.4, -0.2) is 73.1 Å². The number of nitrogens with two attached hydrogens (primary N) is 2. The van der Waals surface area contributed by atoms with Gasteiger partial charge in [-0.1, -0.05) is 21.6 Å². The lowest BCUT2D eigenvalue weighted by atomic mass is 10.2. The third kappa shape index (κ3) is 4.32. The smallest absolute Gasteiger partial charge is 0.224 e. The van der Waals surface area contributed by atoms with E-state index in [2.05, 4.69) is 20.3 Å². The molecule has 0 amide bonds. The molecule has 0 spiro atoms. The Balaban J connectivity index is 1.72. The summed E-state index contributed by atoms with van der Waals surface area (Å²) in [6, 6.07) is 0. The van der Waals surface area contributed by atoms with Gasteiger partial charge >= 0.3 is 0 Å². The van der Waals surface area contributed by atoms with Crippen molar-refractivity contribution in [2.24, 2.45) is 5.73 Å². The molecule has 26 heavy (non-hydrogen) atoms. The van der Waals surface area contributed by atoms with Gasteiger partial charge in [0.05, 0.1) is 19.0 Å². The van der Waals surface area contributed by atoms with E-state index < -0.39 is 18.4 Å². The Morgan fingerprint density at radius 2 is 2.15 bits per heavy atom. The van der Waals surface area contributed by atoms with Gasteiger partial charge in [-0.2, -0.15) is 9.97 Å². The van der Waals surface area contributed by atoms with Gasteiger partial charge in [-0.25, -0.2) is 4.98 Å². The number of hydrogen-bond acceptors (Lipinski definition) is 11. The van der Waals surface area contributed by atoms with E-state index in [0.29, 0.717) is 36.5 Å². The Kier molecular flexibility index (Phi) is 6.78. The van der Waals surface area contributed by atoms with Gasteiger partial charge in [-0.15, -0.1) is 0 Å². The largest absolute Gasteiger partial charge is 0.394 e. The van der Waals surface area contributed by atoms with E-state index in [1.165, 1.54) is 0 Å². The van der Waals surface area contributed by atoms with Gasteiger partial charge in [-0.05, 0) is 0 Å². The number of imidazole rings is 1. The summed E-state index contributed by atoms with van der Waals surface area (Å²) in [5.41, 5.74) is 12.4. The van der Waals surface area contributed by atoms with Crippen LogP contribution in [0.25, 0.3) is 11.2 Å². The number of rotatable bonds is 9. The molecule has 144 valence electrons. The number of anilines is 2. The van der Waals surface area contributed by atoms with Crippen LogP contribution in [0.5, 0.6) is 0 Å². The number of aliphatic hydroxyl groups is 2. The number of nitrogen functional groups attached to an aromatic ring is 1. The number of ether oxygens (including phenoxy) is 1. The molecule has 1 aliphatic rings. The molecule has 12 heteroatoms. The quantitative estimate of drug-likeness (QED) is 0.280. The van der Waals surface area contributed by atoms with Gasteiger partial charge in [0.25, 0.3) is 0 Å². The average molecular weight is 402 g/mol. The highest BCUT2D eigenvalue weighted by Crippen LogP contribution is 2.32. The van der Waals surface area contributed by atoms with E-state index in [4.69, 9.17) is 16.2 Å². The first-order valence-electron chi connectivity index (χ1n) is 8.26. The lowest BCUT2D eigenvalue weighted by molar-refractivity contribution is -0.0432. The predicted octanol–water partition coefficient (Wildman–Crippen LogP) is -0.199. The summed E-state index contributed by atoms with van der Waals surface area (Å²) in [6.07, 6.45) is 0.128. The number of fused-ring (bicyclic) bond motifs is 1. The van der Waals surface area contributed by atoms with E-state index in [-0.39, 0.29) is 12.6 Å². The molecule has 0 unspecified atom stereocenters. The summed E-state index contributed by atoms with van der Waals surface area (Å²) in [4.78, 5) is 12.9. The lowest BCUT2D eigenvalue weighted by Crippen LogP contribution is -2.24. The summed E-state index contributed by atoms with van der Waals surface area (Å²) in [6.45, 7) is 1.13. The van der Waals surface area contributed by atoms with Gasteiger partial charge in [0, 0.05) is 31.0 Å². The molecule has 7 N–H and O–H groups in total. The zero-order valence-electron chi connectivity index (χ0n) is 14.1. The van der Waals surface area contributed by atoms with Gasteiger partial charge in [0.15, 0.2) is 17.0 Å². The number of nitrogens with one attached hydrogen (secondary N) is 1. The van der Waals surface area contributed by atoms with Crippen molar-refractivity contribution in [3.8, 4) is 0 Å². The van der Waals surface area contributed by atoms with Gasteiger partial charge in [0.2, 0.25) is 5.95 Å².